The molecule has 0 aliphatic carbocycles. The lowest BCUT2D eigenvalue weighted by atomic mass is 10.2. The van der Waals surface area contributed by atoms with E-state index in [0.717, 1.165) is 29.3 Å². The lowest BCUT2D eigenvalue weighted by molar-refractivity contribution is 0.794. The van der Waals surface area contributed by atoms with Gasteiger partial charge in [0.05, 0.1) is 6.54 Å². The van der Waals surface area contributed by atoms with Crippen LogP contribution in [0.2, 0.25) is 5.15 Å². The number of nitrogens with zero attached hydrogens (tertiary/aromatic N) is 6. The Morgan fingerprint density at radius 1 is 1.23 bits per heavy atom. The molecule has 3 aromatic heterocycles. The molecule has 0 N–H and O–H groups in total. The normalized spacial score (nSPS) is 11.1. The van der Waals surface area contributed by atoms with Gasteiger partial charge in [0.25, 0.3) is 0 Å². The van der Waals surface area contributed by atoms with Gasteiger partial charge in [0.15, 0.2) is 11.5 Å². The highest BCUT2D eigenvalue weighted by molar-refractivity contribution is 6.30. The van der Waals surface area contributed by atoms with Crippen LogP contribution in [0.25, 0.3) is 5.65 Å². The Labute approximate surface area is 133 Å². The zero-order valence-corrected chi connectivity index (χ0v) is 13.5. The van der Waals surface area contributed by atoms with Crippen LogP contribution in [0, 0.1) is 6.92 Å². The lowest BCUT2D eigenvalue weighted by Gasteiger charge is -2.21. The summed E-state index contributed by atoms with van der Waals surface area (Å²) in [7, 11) is 1.97. The van der Waals surface area contributed by atoms with Gasteiger partial charge < -0.3 is 4.90 Å². The highest BCUT2D eigenvalue weighted by Gasteiger charge is 2.16. The Morgan fingerprint density at radius 2 is 2.05 bits per heavy atom. The summed E-state index contributed by atoms with van der Waals surface area (Å²) in [6, 6.07) is 5.84. The number of hydrogen-bond donors (Lipinski definition) is 0. The summed E-state index contributed by atoms with van der Waals surface area (Å²) in [5, 5.41) is 8.94. The van der Waals surface area contributed by atoms with Crippen molar-refractivity contribution in [1.82, 2.24) is 24.6 Å². The van der Waals surface area contributed by atoms with E-state index in [-0.39, 0.29) is 0 Å². The Morgan fingerprint density at radius 3 is 2.82 bits per heavy atom. The highest BCUT2D eigenvalue weighted by atomic mass is 35.5. The Bertz CT molecular complexity index is 813. The summed E-state index contributed by atoms with van der Waals surface area (Å²) in [5.74, 6) is 2.36. The average molecular weight is 317 g/mol. The highest BCUT2D eigenvalue weighted by Crippen LogP contribution is 2.25. The first-order valence-electron chi connectivity index (χ1n) is 7.13. The van der Waals surface area contributed by atoms with Crippen LogP contribution in [0.5, 0.6) is 0 Å². The number of hydrogen-bond acceptors (Lipinski definition) is 5. The standard InChI is InChI=1S/C15H17ClN6/c1-4-11-14(16)17-10(2)18-15(11)21(3)9-13-20-19-12-7-5-6-8-22(12)13/h5-8H,4,9H2,1-3H3. The van der Waals surface area contributed by atoms with Crippen LogP contribution in [0.4, 0.5) is 5.82 Å². The number of aryl methyl sites for hydroxylation is 1. The molecule has 0 bridgehead atoms. The molecule has 3 aromatic rings. The second kappa shape index (κ2) is 5.88. The SMILES string of the molecule is CCc1c(Cl)nc(C)nc1N(C)Cc1nnc2ccccn12. The molecule has 114 valence electrons. The molecule has 22 heavy (non-hydrogen) atoms. The molecule has 0 saturated heterocycles. The molecule has 0 atom stereocenters. The molecular formula is C15H17ClN6. The van der Waals surface area contributed by atoms with Gasteiger partial charge in [0.1, 0.15) is 16.8 Å². The van der Waals surface area contributed by atoms with E-state index in [9.17, 15) is 0 Å². The van der Waals surface area contributed by atoms with Gasteiger partial charge in [-0.05, 0) is 25.5 Å². The van der Waals surface area contributed by atoms with Gasteiger partial charge in [-0.3, -0.25) is 4.40 Å². The molecule has 0 fully saturated rings. The largest absolute Gasteiger partial charge is 0.352 e. The van der Waals surface area contributed by atoms with Crippen LogP contribution in [0.3, 0.4) is 0 Å². The van der Waals surface area contributed by atoms with Crippen molar-refractivity contribution in [3.05, 3.63) is 46.8 Å². The van der Waals surface area contributed by atoms with Gasteiger partial charge in [0, 0.05) is 18.8 Å². The van der Waals surface area contributed by atoms with Gasteiger partial charge in [0.2, 0.25) is 0 Å². The van der Waals surface area contributed by atoms with Crippen molar-refractivity contribution in [2.75, 3.05) is 11.9 Å². The van der Waals surface area contributed by atoms with Crippen molar-refractivity contribution >= 4 is 23.1 Å². The van der Waals surface area contributed by atoms with E-state index in [1.54, 1.807) is 0 Å². The molecule has 0 saturated carbocycles. The maximum Gasteiger partial charge on any atom is 0.160 e. The van der Waals surface area contributed by atoms with E-state index in [2.05, 4.69) is 20.2 Å². The maximum atomic E-state index is 6.24. The molecule has 0 unspecified atom stereocenters. The molecule has 3 heterocycles. The zero-order chi connectivity index (χ0) is 15.7. The van der Waals surface area contributed by atoms with Crippen LogP contribution in [-0.2, 0) is 13.0 Å². The van der Waals surface area contributed by atoms with Gasteiger partial charge >= 0.3 is 0 Å². The molecular weight excluding hydrogens is 300 g/mol. The minimum absolute atomic E-state index is 0.517. The fourth-order valence-corrected chi connectivity index (χ4v) is 2.79. The number of rotatable bonds is 4. The summed E-state index contributed by atoms with van der Waals surface area (Å²) in [6.45, 7) is 4.48. The molecule has 0 aliphatic rings. The van der Waals surface area contributed by atoms with Crippen molar-refractivity contribution in [1.29, 1.82) is 0 Å². The van der Waals surface area contributed by atoms with E-state index in [1.807, 2.05) is 54.6 Å². The first-order chi connectivity index (χ1) is 10.6. The number of anilines is 1. The van der Waals surface area contributed by atoms with Crippen molar-refractivity contribution in [2.24, 2.45) is 0 Å². The zero-order valence-electron chi connectivity index (χ0n) is 12.8. The average Bonchev–Trinajstić information content (AvgIpc) is 2.90. The van der Waals surface area contributed by atoms with E-state index in [1.165, 1.54) is 0 Å². The molecule has 0 spiro atoms. The molecule has 7 heteroatoms. The molecule has 0 aromatic carbocycles. The maximum absolute atomic E-state index is 6.24. The minimum Gasteiger partial charge on any atom is -0.352 e. The van der Waals surface area contributed by atoms with Crippen LogP contribution in [0.15, 0.2) is 24.4 Å². The summed E-state index contributed by atoms with van der Waals surface area (Å²) in [4.78, 5) is 10.8. The van der Waals surface area contributed by atoms with Gasteiger partial charge in [-0.2, -0.15) is 0 Å². The third-order valence-corrected chi connectivity index (χ3v) is 3.84. The predicted octanol–water partition coefficient (Wildman–Crippen LogP) is 2.68. The molecule has 6 nitrogen and oxygen atoms in total. The lowest BCUT2D eigenvalue weighted by Crippen LogP contribution is -2.22. The van der Waals surface area contributed by atoms with Crippen molar-refractivity contribution < 1.29 is 0 Å². The summed E-state index contributed by atoms with van der Waals surface area (Å²) in [6.07, 6.45) is 2.73. The van der Waals surface area contributed by atoms with E-state index >= 15 is 0 Å². The van der Waals surface area contributed by atoms with Crippen molar-refractivity contribution in [3.63, 3.8) is 0 Å². The fraction of sp³-hybridized carbons (Fsp3) is 0.333. The smallest absolute Gasteiger partial charge is 0.160 e. The molecule has 0 radical (unpaired) electrons. The Kier molecular flexibility index (Phi) is 3.94. The van der Waals surface area contributed by atoms with Crippen LogP contribution < -0.4 is 4.90 Å². The third kappa shape index (κ3) is 2.62. The van der Waals surface area contributed by atoms with E-state index < -0.39 is 0 Å². The van der Waals surface area contributed by atoms with Crippen LogP contribution >= 0.6 is 11.6 Å². The summed E-state index contributed by atoms with van der Waals surface area (Å²) in [5.41, 5.74) is 1.78. The Hall–Kier alpha value is -2.21. The van der Waals surface area contributed by atoms with Crippen LogP contribution in [0.1, 0.15) is 24.1 Å². The number of fused-ring (bicyclic) bond motifs is 1. The number of pyridine rings is 1. The number of halogens is 1. The first kappa shape index (κ1) is 14.7. The number of aromatic nitrogens is 5. The summed E-state index contributed by atoms with van der Waals surface area (Å²) >= 11 is 6.24. The van der Waals surface area contributed by atoms with Gasteiger partial charge in [-0.1, -0.05) is 24.6 Å². The Balaban J connectivity index is 1.96. The first-order valence-corrected chi connectivity index (χ1v) is 7.50. The second-order valence-electron chi connectivity index (χ2n) is 5.12. The third-order valence-electron chi connectivity index (χ3n) is 3.52. The second-order valence-corrected chi connectivity index (χ2v) is 5.48. The van der Waals surface area contributed by atoms with Gasteiger partial charge in [-0.25, -0.2) is 9.97 Å². The van der Waals surface area contributed by atoms with Crippen molar-refractivity contribution in [3.8, 4) is 0 Å². The topological polar surface area (TPSA) is 59.2 Å². The van der Waals surface area contributed by atoms with E-state index in [0.29, 0.717) is 17.5 Å². The molecule has 3 rings (SSSR count). The fourth-order valence-electron chi connectivity index (χ4n) is 2.45. The molecule has 0 aliphatic heterocycles. The quantitative estimate of drug-likeness (QED) is 0.693. The van der Waals surface area contributed by atoms with E-state index in [4.69, 9.17) is 11.6 Å². The molecule has 0 amide bonds. The van der Waals surface area contributed by atoms with Gasteiger partial charge in [-0.15, -0.1) is 10.2 Å². The monoisotopic (exact) mass is 316 g/mol. The van der Waals surface area contributed by atoms with Crippen LogP contribution in [-0.4, -0.2) is 31.6 Å². The predicted molar refractivity (Wildman–Crippen MR) is 86.3 cm³/mol. The van der Waals surface area contributed by atoms with Crippen molar-refractivity contribution in [2.45, 2.75) is 26.8 Å². The minimum atomic E-state index is 0.517. The summed E-state index contributed by atoms with van der Waals surface area (Å²) < 4.78 is 1.97.